The van der Waals surface area contributed by atoms with Gasteiger partial charge in [-0.3, -0.25) is 14.3 Å². The number of hydrogen-bond donors (Lipinski definition) is 1. The third-order valence-corrected chi connectivity index (χ3v) is 9.05. The molecule has 5 aromatic rings. The second kappa shape index (κ2) is 10.3. The molecule has 4 aromatic heterocycles. The lowest BCUT2D eigenvalue weighted by Crippen LogP contribution is -2.40. The summed E-state index contributed by atoms with van der Waals surface area (Å²) in [7, 11) is 1.91. The quantitative estimate of drug-likeness (QED) is 0.260. The molecule has 0 unspecified atom stereocenters. The lowest BCUT2D eigenvalue weighted by molar-refractivity contribution is -0.0215. The zero-order valence-electron chi connectivity index (χ0n) is 24.5. The third kappa shape index (κ3) is 5.00. The maximum atomic E-state index is 14.5. The minimum absolute atomic E-state index is 0.101. The first kappa shape index (κ1) is 26.5. The molecule has 1 aromatic carbocycles. The van der Waals surface area contributed by atoms with Crippen LogP contribution in [0.4, 0.5) is 4.39 Å². The van der Waals surface area contributed by atoms with E-state index in [-0.39, 0.29) is 17.5 Å². The van der Waals surface area contributed by atoms with Gasteiger partial charge in [-0.15, -0.1) is 0 Å². The van der Waals surface area contributed by atoms with E-state index in [1.54, 1.807) is 16.8 Å². The molecule has 0 spiro atoms. The highest BCUT2D eigenvalue weighted by molar-refractivity contribution is 5.85. The Morgan fingerprint density at radius 3 is 2.65 bits per heavy atom. The number of nitrogens with one attached hydrogen (secondary N) is 1. The van der Waals surface area contributed by atoms with E-state index in [1.807, 2.05) is 30.1 Å². The van der Waals surface area contributed by atoms with Gasteiger partial charge in [-0.25, -0.2) is 14.4 Å². The summed E-state index contributed by atoms with van der Waals surface area (Å²) in [4.78, 5) is 29.6. The van der Waals surface area contributed by atoms with Crippen LogP contribution in [0.3, 0.4) is 0 Å². The highest BCUT2D eigenvalue weighted by Crippen LogP contribution is 2.44. The number of pyridine rings is 2. The van der Waals surface area contributed by atoms with Crippen molar-refractivity contribution in [1.82, 2.24) is 29.0 Å². The van der Waals surface area contributed by atoms with Crippen LogP contribution in [0.2, 0.25) is 0 Å². The smallest absolute Gasteiger partial charge is 0.280 e. The van der Waals surface area contributed by atoms with Gasteiger partial charge in [0.25, 0.3) is 5.56 Å². The summed E-state index contributed by atoms with van der Waals surface area (Å²) in [5.41, 5.74) is 6.22. The molecule has 1 aliphatic heterocycles. The fourth-order valence-electron chi connectivity index (χ4n) is 6.53. The van der Waals surface area contributed by atoms with Crippen LogP contribution < -0.4 is 5.56 Å². The average Bonchev–Trinajstić information content (AvgIpc) is 3.93. The van der Waals surface area contributed by atoms with Gasteiger partial charge in [0.05, 0.1) is 12.7 Å². The molecule has 0 amide bonds. The molecule has 8 rings (SSSR count). The number of aryl methyl sites for hydroxylation is 1. The van der Waals surface area contributed by atoms with Crippen LogP contribution in [0.25, 0.3) is 39.2 Å². The number of fused-ring (bicyclic) bond motifs is 1. The number of morpholine rings is 1. The summed E-state index contributed by atoms with van der Waals surface area (Å²) in [6, 6.07) is 11.1. The van der Waals surface area contributed by atoms with Crippen LogP contribution in [-0.4, -0.2) is 54.8 Å². The summed E-state index contributed by atoms with van der Waals surface area (Å²) in [5.74, 6) is 1.78. The largest absolute Gasteiger partial charge is 0.376 e. The van der Waals surface area contributed by atoms with E-state index in [4.69, 9.17) is 9.72 Å². The minimum atomic E-state index is -0.316. The number of halogens is 1. The predicted octanol–water partition coefficient (Wildman–Crippen LogP) is 5.90. The number of aromatic nitrogens is 5. The van der Waals surface area contributed by atoms with Gasteiger partial charge in [0, 0.05) is 73.5 Å². The average molecular weight is 579 g/mol. The molecule has 1 N–H and O–H groups in total. The van der Waals surface area contributed by atoms with Gasteiger partial charge in [0.1, 0.15) is 23.0 Å². The maximum absolute atomic E-state index is 14.5. The number of benzene rings is 1. The van der Waals surface area contributed by atoms with Crippen molar-refractivity contribution in [3.8, 4) is 28.3 Å². The zero-order chi connectivity index (χ0) is 29.2. The molecule has 3 aliphatic rings. The van der Waals surface area contributed by atoms with Crippen molar-refractivity contribution in [3.63, 3.8) is 0 Å². The summed E-state index contributed by atoms with van der Waals surface area (Å²) < 4.78 is 23.9. The van der Waals surface area contributed by atoms with Crippen LogP contribution >= 0.6 is 0 Å². The number of ether oxygens (including phenoxy) is 1. The first-order valence-corrected chi connectivity index (χ1v) is 15.3. The molecular weight excluding hydrogens is 543 g/mol. The second-order valence-corrected chi connectivity index (χ2v) is 12.5. The van der Waals surface area contributed by atoms with E-state index < -0.39 is 0 Å². The molecule has 2 saturated carbocycles. The lowest BCUT2D eigenvalue weighted by atomic mass is 9.98. The number of rotatable bonds is 7. The standard InChI is InChI=1S/C34H35FN6O2/c1-20-17-40(11-12-43-20)18-25-16-27-29(21-3-4-21)19-41(34(42)32(27)37-25)31-14-23(13-30(38-31)22-5-6-22)26-8-7-24(35)15-28(26)33-36-9-10-39(33)2/h7-10,13-16,19-22,37H,3-6,11-12,17-18H2,1-2H3/t20-/m1/s1. The number of nitrogens with zero attached hydrogens (tertiary/aromatic N) is 5. The van der Waals surface area contributed by atoms with Crippen molar-refractivity contribution < 1.29 is 9.13 Å². The Labute approximate surface area is 249 Å². The minimum Gasteiger partial charge on any atom is -0.376 e. The monoisotopic (exact) mass is 578 g/mol. The van der Waals surface area contributed by atoms with Crippen LogP contribution in [0, 0.1) is 5.82 Å². The van der Waals surface area contributed by atoms with Crippen molar-refractivity contribution >= 4 is 10.9 Å². The third-order valence-electron chi connectivity index (χ3n) is 9.05. The Balaban J connectivity index is 1.27. The summed E-state index contributed by atoms with van der Waals surface area (Å²) in [5, 5.41) is 1.02. The number of H-pyrrole nitrogens is 1. The van der Waals surface area contributed by atoms with E-state index in [1.165, 1.54) is 17.7 Å². The maximum Gasteiger partial charge on any atom is 0.280 e. The van der Waals surface area contributed by atoms with Gasteiger partial charge < -0.3 is 14.3 Å². The van der Waals surface area contributed by atoms with Gasteiger partial charge in [-0.2, -0.15) is 0 Å². The number of hydrogen-bond acceptors (Lipinski definition) is 5. The molecule has 3 fully saturated rings. The fourth-order valence-corrected chi connectivity index (χ4v) is 6.53. The Morgan fingerprint density at radius 1 is 1.07 bits per heavy atom. The molecule has 1 atom stereocenters. The van der Waals surface area contributed by atoms with E-state index in [0.717, 1.165) is 79.8 Å². The van der Waals surface area contributed by atoms with Crippen LogP contribution in [0.5, 0.6) is 0 Å². The van der Waals surface area contributed by atoms with Crippen LogP contribution in [-0.2, 0) is 18.3 Å². The Kier molecular flexibility index (Phi) is 6.34. The van der Waals surface area contributed by atoms with Crippen molar-refractivity contribution in [2.45, 2.75) is 57.1 Å². The molecule has 8 nitrogen and oxygen atoms in total. The summed E-state index contributed by atoms with van der Waals surface area (Å²) in [6.07, 6.45) is 10.2. The highest BCUT2D eigenvalue weighted by atomic mass is 19.1. The molecule has 2 aliphatic carbocycles. The van der Waals surface area contributed by atoms with Gasteiger partial charge in [0.15, 0.2) is 0 Å². The molecule has 1 saturated heterocycles. The first-order valence-electron chi connectivity index (χ1n) is 15.3. The van der Waals surface area contributed by atoms with Crippen molar-refractivity contribution in [2.75, 3.05) is 19.7 Å². The molecule has 0 radical (unpaired) electrons. The molecule has 0 bridgehead atoms. The topological polar surface area (TPSA) is 81.0 Å². The number of imidazole rings is 1. The second-order valence-electron chi connectivity index (χ2n) is 12.5. The van der Waals surface area contributed by atoms with E-state index in [9.17, 15) is 9.18 Å². The van der Waals surface area contributed by atoms with Gasteiger partial charge in [0.2, 0.25) is 0 Å². The number of aromatic amines is 1. The van der Waals surface area contributed by atoms with E-state index in [0.29, 0.717) is 34.6 Å². The van der Waals surface area contributed by atoms with Crippen molar-refractivity contribution in [3.05, 3.63) is 88.1 Å². The highest BCUT2D eigenvalue weighted by Gasteiger charge is 2.30. The molecule has 5 heterocycles. The zero-order valence-corrected chi connectivity index (χ0v) is 24.5. The van der Waals surface area contributed by atoms with Gasteiger partial charge in [-0.05, 0) is 85.5 Å². The predicted molar refractivity (Wildman–Crippen MR) is 164 cm³/mol. The summed E-state index contributed by atoms with van der Waals surface area (Å²) >= 11 is 0. The van der Waals surface area contributed by atoms with Crippen molar-refractivity contribution in [2.24, 2.45) is 7.05 Å². The molecule has 220 valence electrons. The fraction of sp³-hybridized carbons (Fsp3) is 0.382. The van der Waals surface area contributed by atoms with Gasteiger partial charge >= 0.3 is 0 Å². The van der Waals surface area contributed by atoms with Crippen LogP contribution in [0.1, 0.15) is 61.4 Å². The van der Waals surface area contributed by atoms with Crippen LogP contribution in [0.15, 0.2) is 59.8 Å². The Bertz CT molecular complexity index is 1910. The van der Waals surface area contributed by atoms with E-state index >= 15 is 0 Å². The Hall–Kier alpha value is -4.08. The normalized spacial score (nSPS) is 19.4. The molecule has 43 heavy (non-hydrogen) atoms. The molecular formula is C34H35FN6O2. The van der Waals surface area contributed by atoms with Crippen molar-refractivity contribution in [1.29, 1.82) is 0 Å². The van der Waals surface area contributed by atoms with Gasteiger partial charge in [-0.1, -0.05) is 6.07 Å². The molecule has 9 heteroatoms. The SMILES string of the molecule is C[C@@H]1CN(Cc2cc3c(C4CC4)cn(-c4cc(-c5ccc(F)cc5-c5nccn5C)cc(C5CC5)n4)c(=O)c3[nH]2)CCO1. The first-order chi connectivity index (χ1) is 20.9. The lowest BCUT2D eigenvalue weighted by Gasteiger charge is -2.30. The Morgan fingerprint density at radius 2 is 1.91 bits per heavy atom. The van der Waals surface area contributed by atoms with E-state index in [2.05, 4.69) is 33.9 Å². The summed E-state index contributed by atoms with van der Waals surface area (Å²) in [6.45, 7) is 5.33.